The molecule has 0 spiro atoms. The van der Waals surface area contributed by atoms with Gasteiger partial charge in [0.05, 0.1) is 0 Å². The van der Waals surface area contributed by atoms with Crippen molar-refractivity contribution >= 4 is 11.3 Å². The van der Waals surface area contributed by atoms with Gasteiger partial charge in [0.25, 0.3) is 0 Å². The summed E-state index contributed by atoms with van der Waals surface area (Å²) < 4.78 is 0. The van der Waals surface area contributed by atoms with Crippen molar-refractivity contribution in [3.8, 4) is 0 Å². The van der Waals surface area contributed by atoms with Gasteiger partial charge in [-0.2, -0.15) is 11.3 Å². The average Bonchev–Trinajstić information content (AvgIpc) is 2.57. The molecule has 2 nitrogen and oxygen atoms in total. The number of thiophene rings is 1. The molecule has 0 saturated heterocycles. The fourth-order valence-electron chi connectivity index (χ4n) is 1.18. The van der Waals surface area contributed by atoms with Gasteiger partial charge in [-0.05, 0) is 41.3 Å². The maximum atomic E-state index is 8.69. The Morgan fingerprint density at radius 2 is 2.46 bits per heavy atom. The van der Waals surface area contributed by atoms with E-state index in [4.69, 9.17) is 5.11 Å². The first-order valence-electron chi connectivity index (χ1n) is 4.65. The molecule has 1 heterocycles. The van der Waals surface area contributed by atoms with Gasteiger partial charge in [-0.15, -0.1) is 0 Å². The minimum atomic E-state index is 0.293. The Morgan fingerprint density at radius 1 is 1.62 bits per heavy atom. The van der Waals surface area contributed by atoms with Crippen LogP contribution in [0.1, 0.15) is 18.9 Å². The molecule has 1 aromatic rings. The van der Waals surface area contributed by atoms with Crippen LogP contribution in [0.15, 0.2) is 16.8 Å². The molecular formula is C10H17NOS. The normalized spacial score (nSPS) is 13.1. The predicted octanol–water partition coefficient (Wildman–Crippen LogP) is 1.86. The highest BCUT2D eigenvalue weighted by Gasteiger charge is 2.00. The molecule has 2 N–H and O–H groups in total. The number of rotatable bonds is 6. The van der Waals surface area contributed by atoms with E-state index in [0.29, 0.717) is 12.5 Å². The van der Waals surface area contributed by atoms with Crippen LogP contribution in [0.2, 0.25) is 0 Å². The molecule has 0 aliphatic carbocycles. The van der Waals surface area contributed by atoms with Crippen LogP contribution in [0.3, 0.4) is 0 Å². The monoisotopic (exact) mass is 199 g/mol. The first kappa shape index (κ1) is 10.7. The fourth-order valence-corrected chi connectivity index (χ4v) is 1.85. The van der Waals surface area contributed by atoms with Crippen LogP contribution >= 0.6 is 11.3 Å². The van der Waals surface area contributed by atoms with E-state index in [9.17, 15) is 0 Å². The molecule has 0 amide bonds. The number of hydrogen-bond donors (Lipinski definition) is 2. The molecule has 3 heteroatoms. The van der Waals surface area contributed by atoms with E-state index >= 15 is 0 Å². The largest absolute Gasteiger partial charge is 0.396 e. The van der Waals surface area contributed by atoms with Crippen LogP contribution in [0.4, 0.5) is 0 Å². The molecule has 13 heavy (non-hydrogen) atoms. The summed E-state index contributed by atoms with van der Waals surface area (Å²) in [5, 5.41) is 16.3. The Kier molecular flexibility index (Phi) is 5.05. The molecular weight excluding hydrogens is 182 g/mol. The molecule has 1 unspecified atom stereocenters. The van der Waals surface area contributed by atoms with Gasteiger partial charge >= 0.3 is 0 Å². The molecule has 0 aliphatic rings. The maximum Gasteiger partial charge on any atom is 0.0434 e. The maximum absolute atomic E-state index is 8.69. The van der Waals surface area contributed by atoms with Crippen LogP contribution in [-0.4, -0.2) is 18.3 Å². The third kappa shape index (κ3) is 4.41. The van der Waals surface area contributed by atoms with Crippen molar-refractivity contribution in [1.29, 1.82) is 0 Å². The molecule has 0 fully saturated rings. The Labute approximate surface area is 83.6 Å². The zero-order valence-electron chi connectivity index (χ0n) is 7.99. The summed E-state index contributed by atoms with van der Waals surface area (Å²) in [4.78, 5) is 0. The van der Waals surface area contributed by atoms with Crippen molar-refractivity contribution in [2.75, 3.05) is 13.2 Å². The SMILES string of the molecule is CC(CCO)CNCc1ccsc1. The summed E-state index contributed by atoms with van der Waals surface area (Å²) in [6.45, 7) is 4.37. The van der Waals surface area contributed by atoms with E-state index in [1.54, 1.807) is 11.3 Å². The summed E-state index contributed by atoms with van der Waals surface area (Å²) >= 11 is 1.73. The standard InChI is InChI=1S/C10H17NOS/c1-9(2-4-12)6-11-7-10-3-5-13-8-10/h3,5,8-9,11-12H,2,4,6-7H2,1H3. The topological polar surface area (TPSA) is 32.3 Å². The fraction of sp³-hybridized carbons (Fsp3) is 0.600. The highest BCUT2D eigenvalue weighted by Crippen LogP contribution is 2.05. The zero-order valence-corrected chi connectivity index (χ0v) is 8.81. The molecule has 0 bridgehead atoms. The molecule has 1 atom stereocenters. The Balaban J connectivity index is 2.07. The lowest BCUT2D eigenvalue weighted by atomic mass is 10.1. The van der Waals surface area contributed by atoms with Crippen LogP contribution < -0.4 is 5.32 Å². The van der Waals surface area contributed by atoms with Crippen molar-refractivity contribution in [1.82, 2.24) is 5.32 Å². The molecule has 74 valence electrons. The zero-order chi connectivity index (χ0) is 9.52. The third-order valence-electron chi connectivity index (χ3n) is 2.02. The number of aliphatic hydroxyl groups excluding tert-OH is 1. The molecule has 1 rings (SSSR count). The third-order valence-corrected chi connectivity index (χ3v) is 2.76. The van der Waals surface area contributed by atoms with E-state index < -0.39 is 0 Å². The first-order valence-corrected chi connectivity index (χ1v) is 5.60. The van der Waals surface area contributed by atoms with Crippen molar-refractivity contribution in [3.05, 3.63) is 22.4 Å². The molecule has 0 aromatic carbocycles. The summed E-state index contributed by atoms with van der Waals surface area (Å²) in [5.74, 6) is 0.559. The van der Waals surface area contributed by atoms with Gasteiger partial charge < -0.3 is 10.4 Å². The highest BCUT2D eigenvalue weighted by molar-refractivity contribution is 7.07. The first-order chi connectivity index (χ1) is 6.33. The molecule has 0 saturated carbocycles. The summed E-state index contributed by atoms with van der Waals surface area (Å²) in [7, 11) is 0. The van der Waals surface area contributed by atoms with Gasteiger partial charge in [-0.1, -0.05) is 6.92 Å². The molecule has 0 radical (unpaired) electrons. The quantitative estimate of drug-likeness (QED) is 0.733. The number of hydrogen-bond acceptors (Lipinski definition) is 3. The summed E-state index contributed by atoms with van der Waals surface area (Å²) in [6, 6.07) is 2.13. The second kappa shape index (κ2) is 6.13. The molecule has 1 aromatic heterocycles. The van der Waals surface area contributed by atoms with Gasteiger partial charge in [0.1, 0.15) is 0 Å². The van der Waals surface area contributed by atoms with E-state index in [1.165, 1.54) is 5.56 Å². The lowest BCUT2D eigenvalue weighted by Gasteiger charge is -2.09. The lowest BCUT2D eigenvalue weighted by Crippen LogP contribution is -2.21. The van der Waals surface area contributed by atoms with Crippen LogP contribution in [-0.2, 0) is 6.54 Å². The van der Waals surface area contributed by atoms with Gasteiger partial charge in [0.15, 0.2) is 0 Å². The minimum Gasteiger partial charge on any atom is -0.396 e. The number of aliphatic hydroxyl groups is 1. The molecule has 0 aliphatic heterocycles. The van der Waals surface area contributed by atoms with E-state index in [1.807, 2.05) is 0 Å². The average molecular weight is 199 g/mol. The predicted molar refractivity (Wildman–Crippen MR) is 56.9 cm³/mol. The van der Waals surface area contributed by atoms with Crippen LogP contribution in [0.5, 0.6) is 0 Å². The van der Waals surface area contributed by atoms with E-state index in [-0.39, 0.29) is 0 Å². The highest BCUT2D eigenvalue weighted by atomic mass is 32.1. The number of nitrogens with one attached hydrogen (secondary N) is 1. The Bertz CT molecular complexity index is 211. The smallest absolute Gasteiger partial charge is 0.0434 e. The van der Waals surface area contributed by atoms with Crippen molar-refractivity contribution < 1.29 is 5.11 Å². The minimum absolute atomic E-state index is 0.293. The second-order valence-corrected chi connectivity index (χ2v) is 4.16. The van der Waals surface area contributed by atoms with Crippen molar-refractivity contribution in [2.45, 2.75) is 19.9 Å². The van der Waals surface area contributed by atoms with Gasteiger partial charge in [-0.3, -0.25) is 0 Å². The van der Waals surface area contributed by atoms with E-state index in [0.717, 1.165) is 19.5 Å². The summed E-state index contributed by atoms with van der Waals surface area (Å²) in [5.41, 5.74) is 1.35. The Morgan fingerprint density at radius 3 is 3.08 bits per heavy atom. The summed E-state index contributed by atoms with van der Waals surface area (Å²) in [6.07, 6.45) is 0.886. The van der Waals surface area contributed by atoms with Gasteiger partial charge in [-0.25, -0.2) is 0 Å². The lowest BCUT2D eigenvalue weighted by molar-refractivity contribution is 0.260. The van der Waals surface area contributed by atoms with Gasteiger partial charge in [0.2, 0.25) is 0 Å². The van der Waals surface area contributed by atoms with Crippen molar-refractivity contribution in [3.63, 3.8) is 0 Å². The van der Waals surface area contributed by atoms with Crippen molar-refractivity contribution in [2.24, 2.45) is 5.92 Å². The Hall–Kier alpha value is -0.380. The van der Waals surface area contributed by atoms with E-state index in [2.05, 4.69) is 29.1 Å². The van der Waals surface area contributed by atoms with Gasteiger partial charge in [0, 0.05) is 13.2 Å². The second-order valence-electron chi connectivity index (χ2n) is 3.38. The van der Waals surface area contributed by atoms with Crippen LogP contribution in [0, 0.1) is 5.92 Å². The van der Waals surface area contributed by atoms with Crippen LogP contribution in [0.25, 0.3) is 0 Å².